The lowest BCUT2D eigenvalue weighted by Crippen LogP contribution is -2.31. The Morgan fingerprint density at radius 3 is 2.62 bits per heavy atom. The first-order valence-corrected chi connectivity index (χ1v) is 8.55. The molecule has 140 valence electrons. The van der Waals surface area contributed by atoms with Crippen molar-refractivity contribution in [1.82, 2.24) is 20.6 Å². The van der Waals surface area contributed by atoms with E-state index >= 15 is 0 Å². The van der Waals surface area contributed by atoms with E-state index in [0.29, 0.717) is 24.4 Å². The first-order valence-electron chi connectivity index (χ1n) is 8.01. The van der Waals surface area contributed by atoms with Gasteiger partial charge >= 0.3 is 0 Å². The summed E-state index contributed by atoms with van der Waals surface area (Å²) in [7, 11) is 0. The summed E-state index contributed by atoms with van der Waals surface area (Å²) in [6, 6.07) is 5.59. The summed E-state index contributed by atoms with van der Waals surface area (Å²) in [6.07, 6.45) is 0.336. The number of alkyl halides is 1. The molecule has 1 heterocycles. The van der Waals surface area contributed by atoms with Crippen LogP contribution in [0.25, 0.3) is 0 Å². The molecule has 2 rings (SSSR count). The fraction of sp³-hybridized carbons (Fsp3) is 0.353. The predicted octanol–water partition coefficient (Wildman–Crippen LogP) is 1.72. The highest BCUT2D eigenvalue weighted by atomic mass is 35.5. The molecular formula is C17H20ClFN4O3. The van der Waals surface area contributed by atoms with Crippen molar-refractivity contribution in [3.8, 4) is 11.6 Å². The van der Waals surface area contributed by atoms with Gasteiger partial charge in [-0.3, -0.25) is 4.79 Å². The summed E-state index contributed by atoms with van der Waals surface area (Å²) >= 11 is 5.61. The highest BCUT2D eigenvalue weighted by Crippen LogP contribution is 2.25. The monoisotopic (exact) mass is 382 g/mol. The normalized spacial score (nSPS) is 12.0. The number of nitrogens with zero attached hydrogens (tertiary/aromatic N) is 2. The number of halogens is 2. The second-order valence-electron chi connectivity index (χ2n) is 5.72. The second-order valence-corrected chi connectivity index (χ2v) is 6.10. The van der Waals surface area contributed by atoms with Gasteiger partial charge in [0.25, 0.3) is 11.8 Å². The molecule has 0 aliphatic carbocycles. The maximum Gasteiger partial charge on any atom is 0.274 e. The van der Waals surface area contributed by atoms with Crippen LogP contribution >= 0.6 is 11.6 Å². The van der Waals surface area contributed by atoms with Gasteiger partial charge in [-0.2, -0.15) is 4.98 Å². The zero-order chi connectivity index (χ0) is 19.1. The van der Waals surface area contributed by atoms with Gasteiger partial charge in [-0.15, -0.1) is 11.6 Å². The Bertz CT molecular complexity index is 758. The van der Waals surface area contributed by atoms with Crippen LogP contribution in [0.15, 0.2) is 24.3 Å². The Labute approximate surface area is 155 Å². The molecule has 1 aromatic heterocycles. The maximum absolute atomic E-state index is 12.9. The van der Waals surface area contributed by atoms with E-state index in [1.807, 2.05) is 6.92 Å². The molecule has 26 heavy (non-hydrogen) atoms. The number of hydrogen-bond acceptors (Lipinski definition) is 6. The fourth-order valence-corrected chi connectivity index (χ4v) is 2.36. The Morgan fingerprint density at radius 2 is 1.96 bits per heavy atom. The van der Waals surface area contributed by atoms with Gasteiger partial charge in [0, 0.05) is 31.4 Å². The number of amides is 1. The average molecular weight is 383 g/mol. The van der Waals surface area contributed by atoms with E-state index in [1.165, 1.54) is 24.3 Å². The Hall–Kier alpha value is -2.45. The Balaban J connectivity index is 2.08. The lowest BCUT2D eigenvalue weighted by molar-refractivity contribution is 0.0941. The molecule has 0 spiro atoms. The number of carbonyl (C=O) groups is 1. The molecule has 1 unspecified atom stereocenters. The van der Waals surface area contributed by atoms with Crippen LogP contribution in [0.5, 0.6) is 11.6 Å². The summed E-state index contributed by atoms with van der Waals surface area (Å²) in [5, 5.41) is 25.3. The first kappa shape index (κ1) is 19.9. The minimum Gasteiger partial charge on any atom is -0.501 e. The van der Waals surface area contributed by atoms with Crippen molar-refractivity contribution in [2.75, 3.05) is 12.4 Å². The molecule has 9 heteroatoms. The number of benzene rings is 1. The van der Waals surface area contributed by atoms with Crippen molar-refractivity contribution in [1.29, 1.82) is 0 Å². The minimum atomic E-state index is -0.688. The van der Waals surface area contributed by atoms with Gasteiger partial charge < -0.3 is 20.8 Å². The van der Waals surface area contributed by atoms with E-state index in [4.69, 9.17) is 11.6 Å². The van der Waals surface area contributed by atoms with Crippen LogP contribution in [-0.2, 0) is 13.0 Å². The van der Waals surface area contributed by atoms with Crippen LogP contribution < -0.4 is 10.6 Å². The van der Waals surface area contributed by atoms with Crippen molar-refractivity contribution in [3.63, 3.8) is 0 Å². The molecule has 0 saturated heterocycles. The SMILES string of the molecule is CC(Cc1nc(O)c(O)c(C(=O)NCc2ccc(F)cc2)n1)NCCCl. The van der Waals surface area contributed by atoms with Gasteiger partial charge in [0.1, 0.15) is 11.6 Å². The van der Waals surface area contributed by atoms with Crippen molar-refractivity contribution >= 4 is 17.5 Å². The highest BCUT2D eigenvalue weighted by Gasteiger charge is 2.20. The molecule has 1 amide bonds. The third-order valence-electron chi connectivity index (χ3n) is 3.57. The number of rotatable bonds is 8. The zero-order valence-electron chi connectivity index (χ0n) is 14.2. The largest absolute Gasteiger partial charge is 0.501 e. The van der Waals surface area contributed by atoms with Crippen molar-refractivity contribution in [2.45, 2.75) is 25.9 Å². The van der Waals surface area contributed by atoms with Crippen LogP contribution in [0.3, 0.4) is 0 Å². The van der Waals surface area contributed by atoms with Crippen LogP contribution in [0.2, 0.25) is 0 Å². The number of nitrogens with one attached hydrogen (secondary N) is 2. The van der Waals surface area contributed by atoms with E-state index in [2.05, 4.69) is 20.6 Å². The quantitative estimate of drug-likeness (QED) is 0.518. The lowest BCUT2D eigenvalue weighted by Gasteiger charge is -2.13. The van der Waals surface area contributed by atoms with E-state index in [0.717, 1.165) is 0 Å². The highest BCUT2D eigenvalue weighted by molar-refractivity contribution is 6.18. The van der Waals surface area contributed by atoms with Crippen molar-refractivity contribution in [2.24, 2.45) is 0 Å². The maximum atomic E-state index is 12.9. The third kappa shape index (κ3) is 5.53. The van der Waals surface area contributed by atoms with Gasteiger partial charge in [0.05, 0.1) is 0 Å². The molecule has 0 saturated carbocycles. The lowest BCUT2D eigenvalue weighted by atomic mass is 10.2. The number of hydrogen-bond donors (Lipinski definition) is 4. The predicted molar refractivity (Wildman–Crippen MR) is 94.8 cm³/mol. The van der Waals surface area contributed by atoms with Crippen LogP contribution in [-0.4, -0.2) is 44.6 Å². The van der Waals surface area contributed by atoms with Gasteiger partial charge in [0.2, 0.25) is 5.75 Å². The smallest absolute Gasteiger partial charge is 0.274 e. The van der Waals surface area contributed by atoms with Gasteiger partial charge in [-0.1, -0.05) is 12.1 Å². The fourth-order valence-electron chi connectivity index (χ4n) is 2.25. The topological polar surface area (TPSA) is 107 Å². The number of aromatic hydroxyl groups is 2. The van der Waals surface area contributed by atoms with Gasteiger partial charge in [0.15, 0.2) is 5.69 Å². The summed E-state index contributed by atoms with van der Waals surface area (Å²) < 4.78 is 12.9. The van der Waals surface area contributed by atoms with E-state index in [-0.39, 0.29) is 29.9 Å². The van der Waals surface area contributed by atoms with Gasteiger partial charge in [-0.05, 0) is 24.6 Å². The number of carbonyl (C=O) groups excluding carboxylic acids is 1. The molecule has 0 aliphatic rings. The Kier molecular flexibility index (Phi) is 7.11. The summed E-state index contributed by atoms with van der Waals surface area (Å²) in [5.41, 5.74) is 0.357. The van der Waals surface area contributed by atoms with Crippen LogP contribution in [0.4, 0.5) is 4.39 Å². The summed E-state index contributed by atoms with van der Waals surface area (Å²) in [6.45, 7) is 2.60. The standard InChI is InChI=1S/C17H20ClFN4O3/c1-10(20-7-6-18)8-13-22-14(15(24)17(26)23-13)16(25)21-9-11-2-4-12(19)5-3-11/h2-5,10,20,24H,6-9H2,1H3,(H,21,25)(H,22,23,26). The first-order chi connectivity index (χ1) is 12.4. The Morgan fingerprint density at radius 1 is 1.27 bits per heavy atom. The molecule has 1 aromatic carbocycles. The molecule has 0 aliphatic heterocycles. The van der Waals surface area contributed by atoms with Crippen LogP contribution in [0.1, 0.15) is 28.8 Å². The van der Waals surface area contributed by atoms with E-state index < -0.39 is 17.5 Å². The van der Waals surface area contributed by atoms with E-state index in [9.17, 15) is 19.4 Å². The van der Waals surface area contributed by atoms with Gasteiger partial charge in [-0.25, -0.2) is 9.37 Å². The molecule has 0 bridgehead atoms. The molecule has 0 fully saturated rings. The van der Waals surface area contributed by atoms with E-state index in [1.54, 1.807) is 0 Å². The zero-order valence-corrected chi connectivity index (χ0v) is 14.9. The molecule has 4 N–H and O–H groups in total. The van der Waals surface area contributed by atoms with Crippen molar-refractivity contribution < 1.29 is 19.4 Å². The molecule has 1 atom stereocenters. The minimum absolute atomic E-state index is 0.0344. The third-order valence-corrected chi connectivity index (χ3v) is 3.76. The van der Waals surface area contributed by atoms with Crippen molar-refractivity contribution in [3.05, 3.63) is 47.2 Å². The second kappa shape index (κ2) is 9.30. The molecular weight excluding hydrogens is 363 g/mol. The molecule has 0 radical (unpaired) electrons. The summed E-state index contributed by atoms with van der Waals surface area (Å²) in [4.78, 5) is 20.1. The van der Waals surface area contributed by atoms with Crippen LogP contribution in [0, 0.1) is 5.82 Å². The number of aromatic nitrogens is 2. The average Bonchev–Trinajstić information content (AvgIpc) is 2.62. The molecule has 7 nitrogen and oxygen atoms in total. The molecule has 2 aromatic rings. The summed E-state index contributed by atoms with van der Waals surface area (Å²) in [5.74, 6) is -1.74.